The molecule has 8 heteroatoms. The third-order valence-corrected chi connectivity index (χ3v) is 8.73. The molecule has 0 radical (unpaired) electrons. The van der Waals surface area contributed by atoms with E-state index in [1.54, 1.807) is 0 Å². The van der Waals surface area contributed by atoms with Crippen molar-refractivity contribution in [1.29, 1.82) is 0 Å². The quantitative estimate of drug-likeness (QED) is 0.458. The molecule has 39 heavy (non-hydrogen) atoms. The summed E-state index contributed by atoms with van der Waals surface area (Å²) in [7, 11) is 0. The van der Waals surface area contributed by atoms with Crippen LogP contribution in [0.25, 0.3) is 0 Å². The van der Waals surface area contributed by atoms with E-state index >= 15 is 0 Å². The van der Waals surface area contributed by atoms with Crippen LogP contribution in [0.3, 0.4) is 0 Å². The van der Waals surface area contributed by atoms with Crippen LogP contribution in [0, 0.1) is 5.92 Å². The predicted octanol–water partition coefficient (Wildman–Crippen LogP) is 4.39. The minimum absolute atomic E-state index is 0.295. The third kappa shape index (κ3) is 7.46. The van der Waals surface area contributed by atoms with Crippen LogP contribution >= 0.6 is 11.6 Å². The predicted molar refractivity (Wildman–Crippen MR) is 157 cm³/mol. The summed E-state index contributed by atoms with van der Waals surface area (Å²) in [6.45, 7) is 12.5. The number of anilines is 1. The van der Waals surface area contributed by atoms with Gasteiger partial charge in [0.25, 0.3) is 0 Å². The summed E-state index contributed by atoms with van der Waals surface area (Å²) in [6, 6.07) is 16.9. The van der Waals surface area contributed by atoms with E-state index in [1.807, 2.05) is 31.2 Å². The fraction of sp³-hybridized carbons (Fsp3) is 0.581. The number of nitrogens with zero attached hydrogens (tertiary/aromatic N) is 4. The number of para-hydroxylation sites is 2. The molecule has 3 heterocycles. The lowest BCUT2D eigenvalue weighted by molar-refractivity contribution is -0.132. The van der Waals surface area contributed by atoms with Crippen LogP contribution in [0.1, 0.15) is 31.7 Å². The van der Waals surface area contributed by atoms with E-state index in [1.165, 1.54) is 5.56 Å². The van der Waals surface area contributed by atoms with Crippen LogP contribution in [-0.4, -0.2) is 98.8 Å². The second kappa shape index (κ2) is 13.8. The van der Waals surface area contributed by atoms with Gasteiger partial charge in [-0.1, -0.05) is 35.9 Å². The molecule has 3 aliphatic heterocycles. The molecular formula is C31H43ClN4O3. The molecule has 0 aromatic heterocycles. The number of carbonyl (C=O) groups excluding carboxylic acids is 1. The number of rotatable bonds is 9. The van der Waals surface area contributed by atoms with Gasteiger partial charge in [0.2, 0.25) is 5.91 Å². The number of halogens is 1. The van der Waals surface area contributed by atoms with E-state index in [0.29, 0.717) is 30.9 Å². The van der Waals surface area contributed by atoms with Crippen LogP contribution in [0.4, 0.5) is 5.69 Å². The molecule has 0 bridgehead atoms. The van der Waals surface area contributed by atoms with Gasteiger partial charge < -0.3 is 19.3 Å². The maximum Gasteiger partial charge on any atom is 0.222 e. The van der Waals surface area contributed by atoms with Gasteiger partial charge in [0.15, 0.2) is 0 Å². The van der Waals surface area contributed by atoms with Crippen molar-refractivity contribution in [3.63, 3.8) is 0 Å². The fourth-order valence-corrected chi connectivity index (χ4v) is 6.55. The van der Waals surface area contributed by atoms with Crippen LogP contribution in [-0.2, 0) is 16.1 Å². The summed E-state index contributed by atoms with van der Waals surface area (Å²) in [4.78, 5) is 23.0. The topological polar surface area (TPSA) is 48.5 Å². The molecule has 7 nitrogen and oxygen atoms in total. The van der Waals surface area contributed by atoms with E-state index in [2.05, 4.69) is 43.9 Å². The number of amides is 1. The first kappa shape index (κ1) is 28.2. The average molecular weight is 555 g/mol. The zero-order chi connectivity index (χ0) is 27.0. The number of morpholine rings is 1. The standard InChI is InChI=1S/C31H43ClN4O3/c1-2-39-30-6-4-3-5-29(30)34-15-17-36(18-16-34)31(37)12-9-26-24-33(23-25-7-10-27(32)11-8-25)14-13-28(26)35-19-21-38-22-20-35/h3-8,10-11,26,28H,2,9,12-24H2,1H3/t26-,28+/m1/s1. The highest BCUT2D eigenvalue weighted by Gasteiger charge is 2.34. The first-order valence-corrected chi connectivity index (χ1v) is 15.0. The highest BCUT2D eigenvalue weighted by molar-refractivity contribution is 6.30. The van der Waals surface area contributed by atoms with Gasteiger partial charge in [-0.15, -0.1) is 0 Å². The average Bonchev–Trinajstić information content (AvgIpc) is 2.98. The smallest absolute Gasteiger partial charge is 0.222 e. The molecule has 5 rings (SSSR count). The van der Waals surface area contributed by atoms with Crippen molar-refractivity contribution >= 4 is 23.2 Å². The number of benzene rings is 2. The summed E-state index contributed by atoms with van der Waals surface area (Å²) in [5.41, 5.74) is 2.42. The molecule has 0 N–H and O–H groups in total. The van der Waals surface area contributed by atoms with Crippen molar-refractivity contribution < 1.29 is 14.3 Å². The van der Waals surface area contributed by atoms with Gasteiger partial charge in [0.1, 0.15) is 5.75 Å². The molecule has 2 aromatic carbocycles. The van der Waals surface area contributed by atoms with Crippen molar-refractivity contribution in [2.45, 2.75) is 38.8 Å². The third-order valence-electron chi connectivity index (χ3n) is 8.48. The lowest BCUT2D eigenvalue weighted by Gasteiger charge is -2.45. The Morgan fingerprint density at radius 1 is 0.974 bits per heavy atom. The van der Waals surface area contributed by atoms with Crippen LogP contribution in [0.2, 0.25) is 5.02 Å². The Morgan fingerprint density at radius 3 is 2.46 bits per heavy atom. The summed E-state index contributed by atoms with van der Waals surface area (Å²) in [5, 5.41) is 0.778. The molecule has 212 valence electrons. The van der Waals surface area contributed by atoms with Crippen LogP contribution < -0.4 is 9.64 Å². The summed E-state index contributed by atoms with van der Waals surface area (Å²) in [6.07, 6.45) is 2.70. The monoisotopic (exact) mass is 554 g/mol. The Kier molecular flexibility index (Phi) is 10.0. The van der Waals surface area contributed by atoms with Gasteiger partial charge in [0.05, 0.1) is 25.5 Å². The fourth-order valence-electron chi connectivity index (χ4n) is 6.42. The van der Waals surface area contributed by atoms with Gasteiger partial charge in [-0.2, -0.15) is 0 Å². The number of carbonyl (C=O) groups is 1. The molecule has 0 saturated carbocycles. The normalized spacial score (nSPS) is 23.1. The van der Waals surface area contributed by atoms with Crippen molar-refractivity contribution in [2.24, 2.45) is 5.92 Å². The largest absolute Gasteiger partial charge is 0.492 e. The van der Waals surface area contributed by atoms with Crippen LogP contribution in [0.15, 0.2) is 48.5 Å². The number of ether oxygens (including phenoxy) is 2. The first-order chi connectivity index (χ1) is 19.1. The van der Waals surface area contributed by atoms with E-state index < -0.39 is 0 Å². The molecule has 0 aliphatic carbocycles. The molecule has 2 atom stereocenters. The minimum atomic E-state index is 0.295. The Bertz CT molecular complexity index is 1050. The molecule has 0 spiro atoms. The van der Waals surface area contributed by atoms with E-state index in [4.69, 9.17) is 21.1 Å². The van der Waals surface area contributed by atoms with Gasteiger partial charge in [-0.3, -0.25) is 14.6 Å². The van der Waals surface area contributed by atoms with Crippen LogP contribution in [0.5, 0.6) is 5.75 Å². The lowest BCUT2D eigenvalue weighted by atomic mass is 9.86. The minimum Gasteiger partial charge on any atom is -0.492 e. The van der Waals surface area contributed by atoms with Gasteiger partial charge in [0, 0.05) is 69.8 Å². The molecule has 1 amide bonds. The zero-order valence-corrected chi connectivity index (χ0v) is 24.0. The zero-order valence-electron chi connectivity index (χ0n) is 23.3. The Labute approximate surface area is 238 Å². The molecule has 3 aliphatic rings. The van der Waals surface area contributed by atoms with E-state index in [-0.39, 0.29) is 0 Å². The highest BCUT2D eigenvalue weighted by Crippen LogP contribution is 2.30. The molecule has 0 unspecified atom stereocenters. The summed E-state index contributed by atoms with van der Waals surface area (Å²) >= 11 is 6.10. The van der Waals surface area contributed by atoms with Gasteiger partial charge in [-0.25, -0.2) is 0 Å². The van der Waals surface area contributed by atoms with Crippen molar-refractivity contribution in [3.8, 4) is 5.75 Å². The first-order valence-electron chi connectivity index (χ1n) is 14.6. The van der Waals surface area contributed by atoms with Crippen molar-refractivity contribution in [3.05, 3.63) is 59.1 Å². The maximum absolute atomic E-state index is 13.4. The second-order valence-electron chi connectivity index (χ2n) is 10.9. The SMILES string of the molecule is CCOc1ccccc1N1CCN(C(=O)CC[C@@H]2CN(Cc3ccc(Cl)cc3)CC[C@@H]2N2CCOCC2)CC1. The Hall–Kier alpha value is -2.32. The number of likely N-dealkylation sites (tertiary alicyclic amines) is 1. The molecular weight excluding hydrogens is 512 g/mol. The maximum atomic E-state index is 13.4. The molecule has 3 fully saturated rings. The van der Waals surface area contributed by atoms with Crippen molar-refractivity contribution in [2.75, 3.05) is 77.1 Å². The molecule has 2 aromatic rings. The lowest BCUT2D eigenvalue weighted by Crippen LogP contribution is -2.54. The summed E-state index contributed by atoms with van der Waals surface area (Å²) < 4.78 is 11.5. The highest BCUT2D eigenvalue weighted by atomic mass is 35.5. The van der Waals surface area contributed by atoms with Crippen molar-refractivity contribution in [1.82, 2.24) is 14.7 Å². The number of hydrogen-bond donors (Lipinski definition) is 0. The Balaban J connectivity index is 1.16. The van der Waals surface area contributed by atoms with Gasteiger partial charge >= 0.3 is 0 Å². The van der Waals surface area contributed by atoms with E-state index in [9.17, 15) is 4.79 Å². The van der Waals surface area contributed by atoms with E-state index in [0.717, 1.165) is 101 Å². The Morgan fingerprint density at radius 2 is 1.72 bits per heavy atom. The van der Waals surface area contributed by atoms with Gasteiger partial charge in [-0.05, 0) is 62.1 Å². The number of hydrogen-bond acceptors (Lipinski definition) is 6. The molecule has 3 saturated heterocycles. The number of piperidine rings is 1. The number of piperazine rings is 1. The second-order valence-corrected chi connectivity index (χ2v) is 11.4. The summed E-state index contributed by atoms with van der Waals surface area (Å²) in [5.74, 6) is 1.70.